The van der Waals surface area contributed by atoms with E-state index < -0.39 is 0 Å². The Morgan fingerprint density at radius 2 is 1.88 bits per heavy atom. The molecule has 0 bridgehead atoms. The second-order valence-corrected chi connectivity index (χ2v) is 8.07. The average molecular weight is 480 g/mol. The van der Waals surface area contributed by atoms with Crippen molar-refractivity contribution in [1.82, 2.24) is 15.0 Å². The van der Waals surface area contributed by atoms with Gasteiger partial charge in [0.15, 0.2) is 0 Å². The second-order valence-electron chi connectivity index (χ2n) is 7.23. The van der Waals surface area contributed by atoms with Crippen molar-refractivity contribution in [2.75, 3.05) is 5.32 Å². The quantitative estimate of drug-likeness (QED) is 0.299. The van der Waals surface area contributed by atoms with Gasteiger partial charge in [-0.15, -0.1) is 0 Å². The van der Waals surface area contributed by atoms with Crippen molar-refractivity contribution in [3.8, 4) is 0 Å². The van der Waals surface area contributed by atoms with Gasteiger partial charge in [0.25, 0.3) is 11.8 Å². The van der Waals surface area contributed by atoms with Crippen LogP contribution in [0.1, 0.15) is 21.7 Å². The highest BCUT2D eigenvalue weighted by molar-refractivity contribution is 6.37. The van der Waals surface area contributed by atoms with Gasteiger partial charge in [-0.1, -0.05) is 47.5 Å². The molecule has 9 heteroatoms. The standard InChI is InChI=1S/C24H19Cl2N5O2/c1-15-28-21-7-2-3-8-22(21)31(15)14-23(32)30-27-13-16-5-4-6-18(11-16)29-24(33)19-10-9-17(25)12-20(19)26/h2-13H,14H2,1H3,(H,29,33)(H,30,32)/b27-13-. The number of aromatic nitrogens is 2. The molecule has 2 amide bonds. The maximum Gasteiger partial charge on any atom is 0.260 e. The van der Waals surface area contributed by atoms with Gasteiger partial charge >= 0.3 is 0 Å². The summed E-state index contributed by atoms with van der Waals surface area (Å²) < 4.78 is 1.83. The van der Waals surface area contributed by atoms with Gasteiger partial charge in [-0.3, -0.25) is 9.59 Å². The molecule has 0 spiro atoms. The number of fused-ring (bicyclic) bond motifs is 1. The van der Waals surface area contributed by atoms with E-state index in [4.69, 9.17) is 23.2 Å². The van der Waals surface area contributed by atoms with Crippen molar-refractivity contribution in [2.24, 2.45) is 5.10 Å². The number of hydrazone groups is 1. The van der Waals surface area contributed by atoms with Crippen LogP contribution in [0.2, 0.25) is 10.0 Å². The van der Waals surface area contributed by atoms with Crippen molar-refractivity contribution in [3.63, 3.8) is 0 Å². The molecule has 0 radical (unpaired) electrons. The van der Waals surface area contributed by atoms with E-state index in [-0.39, 0.29) is 23.4 Å². The molecule has 0 aliphatic heterocycles. The number of nitrogens with one attached hydrogen (secondary N) is 2. The lowest BCUT2D eigenvalue weighted by atomic mass is 10.2. The number of halogens is 2. The highest BCUT2D eigenvalue weighted by atomic mass is 35.5. The predicted octanol–water partition coefficient (Wildman–Crippen LogP) is 5.05. The maximum atomic E-state index is 12.5. The van der Waals surface area contributed by atoms with Gasteiger partial charge in [0.05, 0.1) is 27.8 Å². The Morgan fingerprint density at radius 1 is 1.06 bits per heavy atom. The Hall–Kier alpha value is -3.68. The molecule has 0 fully saturated rings. The fourth-order valence-electron chi connectivity index (χ4n) is 3.32. The fraction of sp³-hybridized carbons (Fsp3) is 0.0833. The Balaban J connectivity index is 1.38. The monoisotopic (exact) mass is 479 g/mol. The third kappa shape index (κ3) is 5.39. The third-order valence-electron chi connectivity index (χ3n) is 4.87. The van der Waals surface area contributed by atoms with Gasteiger partial charge in [0.2, 0.25) is 0 Å². The molecule has 4 aromatic rings. The summed E-state index contributed by atoms with van der Waals surface area (Å²) in [7, 11) is 0. The van der Waals surface area contributed by atoms with E-state index in [1.165, 1.54) is 12.3 Å². The van der Waals surface area contributed by atoms with Gasteiger partial charge in [-0.25, -0.2) is 10.4 Å². The summed E-state index contributed by atoms with van der Waals surface area (Å²) in [5.41, 5.74) is 5.82. The highest BCUT2D eigenvalue weighted by Gasteiger charge is 2.12. The summed E-state index contributed by atoms with van der Waals surface area (Å²) in [5.74, 6) is 0.112. The third-order valence-corrected chi connectivity index (χ3v) is 5.42. The van der Waals surface area contributed by atoms with Gasteiger partial charge in [0, 0.05) is 10.7 Å². The van der Waals surface area contributed by atoms with Crippen LogP contribution in [0, 0.1) is 6.92 Å². The topological polar surface area (TPSA) is 88.4 Å². The lowest BCUT2D eigenvalue weighted by Gasteiger charge is -2.08. The number of rotatable bonds is 6. The molecule has 0 aliphatic rings. The lowest BCUT2D eigenvalue weighted by Crippen LogP contribution is -2.23. The van der Waals surface area contributed by atoms with Crippen LogP contribution in [-0.4, -0.2) is 27.6 Å². The number of hydrogen-bond acceptors (Lipinski definition) is 4. The number of carbonyl (C=O) groups excluding carboxylic acids is 2. The van der Waals surface area contributed by atoms with Crippen LogP contribution in [0.3, 0.4) is 0 Å². The van der Waals surface area contributed by atoms with Crippen LogP contribution >= 0.6 is 23.2 Å². The van der Waals surface area contributed by atoms with E-state index >= 15 is 0 Å². The first-order valence-corrected chi connectivity index (χ1v) is 10.8. The van der Waals surface area contributed by atoms with Crippen LogP contribution in [-0.2, 0) is 11.3 Å². The second kappa shape index (κ2) is 9.85. The molecule has 3 aromatic carbocycles. The minimum Gasteiger partial charge on any atom is -0.322 e. The summed E-state index contributed by atoms with van der Waals surface area (Å²) in [5, 5.41) is 7.53. The number of anilines is 1. The van der Waals surface area contributed by atoms with Crippen molar-refractivity contribution in [2.45, 2.75) is 13.5 Å². The molecule has 0 atom stereocenters. The molecule has 0 unspecified atom stereocenters. The van der Waals surface area contributed by atoms with Crippen molar-refractivity contribution in [1.29, 1.82) is 0 Å². The number of carbonyl (C=O) groups is 2. The number of imidazole rings is 1. The summed E-state index contributed by atoms with van der Waals surface area (Å²) >= 11 is 12.0. The molecule has 1 heterocycles. The van der Waals surface area contributed by atoms with E-state index in [2.05, 4.69) is 20.8 Å². The first kappa shape index (κ1) is 22.5. The van der Waals surface area contributed by atoms with Crippen LogP contribution in [0.5, 0.6) is 0 Å². The molecule has 0 saturated carbocycles. The van der Waals surface area contributed by atoms with E-state index in [0.717, 1.165) is 16.9 Å². The molecule has 0 aliphatic carbocycles. The summed E-state index contributed by atoms with van der Waals surface area (Å²) in [6.45, 7) is 1.95. The zero-order valence-electron chi connectivity index (χ0n) is 17.5. The van der Waals surface area contributed by atoms with Gasteiger partial charge in [-0.2, -0.15) is 5.10 Å². The molecular formula is C24H19Cl2N5O2. The molecule has 166 valence electrons. The number of hydrogen-bond donors (Lipinski definition) is 2. The van der Waals surface area contributed by atoms with E-state index in [1.807, 2.05) is 35.8 Å². The van der Waals surface area contributed by atoms with Crippen LogP contribution in [0.15, 0.2) is 71.8 Å². The summed E-state index contributed by atoms with van der Waals surface area (Å²) in [4.78, 5) is 29.3. The maximum absolute atomic E-state index is 12.5. The molecule has 2 N–H and O–H groups in total. The lowest BCUT2D eigenvalue weighted by molar-refractivity contribution is -0.121. The molecule has 33 heavy (non-hydrogen) atoms. The number of nitrogens with zero attached hydrogens (tertiary/aromatic N) is 3. The molecule has 7 nitrogen and oxygen atoms in total. The van der Waals surface area contributed by atoms with Gasteiger partial charge in [0.1, 0.15) is 12.4 Å². The summed E-state index contributed by atoms with van der Waals surface area (Å²) in [6.07, 6.45) is 1.50. The minimum atomic E-state index is -0.359. The smallest absolute Gasteiger partial charge is 0.260 e. The first-order chi connectivity index (χ1) is 15.9. The SMILES string of the molecule is Cc1nc2ccccc2n1CC(=O)N/N=C\c1cccc(NC(=O)c2ccc(Cl)cc2Cl)c1. The zero-order chi connectivity index (χ0) is 23.4. The van der Waals surface area contributed by atoms with E-state index in [9.17, 15) is 9.59 Å². The molecule has 1 aromatic heterocycles. The largest absolute Gasteiger partial charge is 0.322 e. The molecular weight excluding hydrogens is 461 g/mol. The van der Waals surface area contributed by atoms with Crippen LogP contribution < -0.4 is 10.7 Å². The van der Waals surface area contributed by atoms with Crippen molar-refractivity contribution < 1.29 is 9.59 Å². The average Bonchev–Trinajstić information content (AvgIpc) is 3.09. The zero-order valence-corrected chi connectivity index (χ0v) is 19.1. The minimum absolute atomic E-state index is 0.0988. The normalized spacial score (nSPS) is 11.1. The Bertz CT molecular complexity index is 1380. The van der Waals surface area contributed by atoms with Crippen molar-refractivity contribution in [3.05, 3.63) is 93.7 Å². The van der Waals surface area contributed by atoms with Crippen LogP contribution in [0.4, 0.5) is 5.69 Å². The van der Waals surface area contributed by atoms with Crippen molar-refractivity contribution >= 4 is 58.0 Å². The number of aryl methyl sites for hydroxylation is 1. The first-order valence-electron chi connectivity index (χ1n) is 10.0. The number of para-hydroxylation sites is 2. The number of benzene rings is 3. The fourth-order valence-corrected chi connectivity index (χ4v) is 3.82. The summed E-state index contributed by atoms with van der Waals surface area (Å²) in [6, 6.07) is 19.3. The molecule has 0 saturated heterocycles. The van der Waals surface area contributed by atoms with Gasteiger partial charge in [-0.05, 0) is 55.0 Å². The number of amides is 2. The predicted molar refractivity (Wildman–Crippen MR) is 131 cm³/mol. The van der Waals surface area contributed by atoms with E-state index in [0.29, 0.717) is 21.8 Å². The Morgan fingerprint density at radius 3 is 2.70 bits per heavy atom. The molecule has 4 rings (SSSR count). The Kier molecular flexibility index (Phi) is 6.72. The van der Waals surface area contributed by atoms with Crippen LogP contribution in [0.25, 0.3) is 11.0 Å². The highest BCUT2D eigenvalue weighted by Crippen LogP contribution is 2.22. The van der Waals surface area contributed by atoms with E-state index in [1.54, 1.807) is 36.4 Å². The Labute approximate surface area is 200 Å². The van der Waals surface area contributed by atoms with Gasteiger partial charge < -0.3 is 9.88 Å².